The van der Waals surface area contributed by atoms with E-state index in [2.05, 4.69) is 18.3 Å². The molecule has 0 amide bonds. The number of hydrogen-bond acceptors (Lipinski definition) is 2. The van der Waals surface area contributed by atoms with Gasteiger partial charge in [-0.2, -0.15) is 0 Å². The van der Waals surface area contributed by atoms with E-state index in [9.17, 15) is 0 Å². The number of halogens is 1. The number of unbranched alkanes of at least 4 members (excludes halogenated alkanes) is 5. The summed E-state index contributed by atoms with van der Waals surface area (Å²) in [5.74, 6) is 0.820. The lowest BCUT2D eigenvalue weighted by atomic mass is 10.1. The van der Waals surface area contributed by atoms with Crippen LogP contribution in [0.2, 0.25) is 5.02 Å². The van der Waals surface area contributed by atoms with Crippen molar-refractivity contribution in [3.8, 4) is 5.75 Å². The molecule has 0 spiro atoms. The Hall–Kier alpha value is -0.730. The largest absolute Gasteiger partial charge is 0.492 e. The van der Waals surface area contributed by atoms with Crippen LogP contribution < -0.4 is 10.1 Å². The first-order chi connectivity index (χ1) is 10.3. The number of hydrogen-bond donors (Lipinski definition) is 1. The van der Waals surface area contributed by atoms with Crippen LogP contribution in [0.5, 0.6) is 5.75 Å². The standard InChI is InChI=1S/C18H28ClNO/c1-2-3-4-5-6-7-12-21-18-11-8-15(13-17(18)19)14-20-16-9-10-16/h8,11,13,16,20H,2-7,9-10,12,14H2,1H3. The van der Waals surface area contributed by atoms with Crippen LogP contribution in [0.1, 0.15) is 63.9 Å². The molecule has 1 aromatic carbocycles. The van der Waals surface area contributed by atoms with E-state index in [1.165, 1.54) is 50.5 Å². The van der Waals surface area contributed by atoms with E-state index in [-0.39, 0.29) is 0 Å². The van der Waals surface area contributed by atoms with Gasteiger partial charge < -0.3 is 10.1 Å². The highest BCUT2D eigenvalue weighted by Gasteiger charge is 2.19. The molecule has 1 fully saturated rings. The van der Waals surface area contributed by atoms with Crippen molar-refractivity contribution in [1.29, 1.82) is 0 Å². The molecule has 2 nitrogen and oxygen atoms in total. The number of nitrogens with one attached hydrogen (secondary N) is 1. The second-order valence-corrected chi connectivity index (χ2v) is 6.44. The maximum atomic E-state index is 6.29. The molecule has 0 atom stereocenters. The SMILES string of the molecule is CCCCCCCCOc1ccc(CNC2CC2)cc1Cl. The van der Waals surface area contributed by atoms with Crippen LogP contribution in [0, 0.1) is 0 Å². The van der Waals surface area contributed by atoms with Crippen LogP contribution in [0.25, 0.3) is 0 Å². The van der Waals surface area contributed by atoms with Gasteiger partial charge in [-0.15, -0.1) is 0 Å². The van der Waals surface area contributed by atoms with Crippen molar-refractivity contribution in [3.63, 3.8) is 0 Å². The first-order valence-corrected chi connectivity index (χ1v) is 8.82. The highest BCUT2D eigenvalue weighted by atomic mass is 35.5. The summed E-state index contributed by atoms with van der Waals surface area (Å²) < 4.78 is 5.78. The third-order valence-electron chi connectivity index (χ3n) is 3.92. The van der Waals surface area contributed by atoms with Crippen LogP contribution in [-0.4, -0.2) is 12.6 Å². The molecule has 1 aliphatic rings. The zero-order chi connectivity index (χ0) is 14.9. The number of rotatable bonds is 11. The third kappa shape index (κ3) is 6.71. The molecule has 0 radical (unpaired) electrons. The minimum Gasteiger partial charge on any atom is -0.492 e. The molecule has 1 saturated carbocycles. The number of ether oxygens (including phenoxy) is 1. The fraction of sp³-hybridized carbons (Fsp3) is 0.667. The second kappa shape index (κ2) is 9.32. The quantitative estimate of drug-likeness (QED) is 0.558. The summed E-state index contributed by atoms with van der Waals surface area (Å²) in [5.41, 5.74) is 1.24. The van der Waals surface area contributed by atoms with Crippen molar-refractivity contribution in [2.75, 3.05) is 6.61 Å². The predicted molar refractivity (Wildman–Crippen MR) is 90.2 cm³/mol. The molecule has 0 unspecified atom stereocenters. The van der Waals surface area contributed by atoms with Crippen LogP contribution >= 0.6 is 11.6 Å². The van der Waals surface area contributed by atoms with Gasteiger partial charge in [-0.3, -0.25) is 0 Å². The van der Waals surface area contributed by atoms with Gasteiger partial charge in [0, 0.05) is 12.6 Å². The minimum absolute atomic E-state index is 0.729. The Bertz CT molecular complexity index is 418. The Labute approximate surface area is 134 Å². The van der Waals surface area contributed by atoms with E-state index in [0.717, 1.165) is 36.4 Å². The van der Waals surface area contributed by atoms with Crippen molar-refractivity contribution in [2.45, 2.75) is 70.9 Å². The predicted octanol–water partition coefficient (Wildman–Crippen LogP) is 5.33. The van der Waals surface area contributed by atoms with Gasteiger partial charge in [0.25, 0.3) is 0 Å². The zero-order valence-electron chi connectivity index (χ0n) is 13.2. The first kappa shape index (κ1) is 16.6. The minimum atomic E-state index is 0.729. The molecule has 1 aliphatic carbocycles. The number of benzene rings is 1. The smallest absolute Gasteiger partial charge is 0.137 e. The van der Waals surface area contributed by atoms with Gasteiger partial charge in [0.2, 0.25) is 0 Å². The molecule has 0 saturated heterocycles. The third-order valence-corrected chi connectivity index (χ3v) is 4.22. The van der Waals surface area contributed by atoms with Crippen molar-refractivity contribution in [1.82, 2.24) is 5.32 Å². The Morgan fingerprint density at radius 1 is 1.14 bits per heavy atom. The maximum Gasteiger partial charge on any atom is 0.137 e. The summed E-state index contributed by atoms with van der Waals surface area (Å²) in [7, 11) is 0. The summed E-state index contributed by atoms with van der Waals surface area (Å²) in [5, 5.41) is 4.23. The van der Waals surface area contributed by atoms with E-state index in [0.29, 0.717) is 0 Å². The second-order valence-electron chi connectivity index (χ2n) is 6.04. The molecular formula is C18H28ClNO. The fourth-order valence-corrected chi connectivity index (χ4v) is 2.64. The van der Waals surface area contributed by atoms with Gasteiger partial charge in [0.15, 0.2) is 0 Å². The van der Waals surface area contributed by atoms with Crippen molar-refractivity contribution >= 4 is 11.6 Å². The maximum absolute atomic E-state index is 6.29. The Kier molecular flexibility index (Phi) is 7.38. The van der Waals surface area contributed by atoms with Crippen LogP contribution in [0.3, 0.4) is 0 Å². The summed E-state index contributed by atoms with van der Waals surface area (Å²) in [6.07, 6.45) is 10.3. The van der Waals surface area contributed by atoms with Crippen molar-refractivity contribution in [3.05, 3.63) is 28.8 Å². The lowest BCUT2D eigenvalue weighted by molar-refractivity contribution is 0.304. The van der Waals surface area contributed by atoms with Crippen LogP contribution in [0.4, 0.5) is 0 Å². The zero-order valence-corrected chi connectivity index (χ0v) is 13.9. The highest BCUT2D eigenvalue weighted by molar-refractivity contribution is 6.32. The molecule has 0 aromatic heterocycles. The van der Waals surface area contributed by atoms with E-state index in [4.69, 9.17) is 16.3 Å². The van der Waals surface area contributed by atoms with E-state index >= 15 is 0 Å². The molecular weight excluding hydrogens is 282 g/mol. The summed E-state index contributed by atoms with van der Waals surface area (Å²) in [6.45, 7) is 3.92. The molecule has 118 valence electrons. The first-order valence-electron chi connectivity index (χ1n) is 8.44. The lowest BCUT2D eigenvalue weighted by Gasteiger charge is -2.10. The topological polar surface area (TPSA) is 21.3 Å². The Balaban J connectivity index is 1.63. The van der Waals surface area contributed by atoms with Gasteiger partial charge in [0.05, 0.1) is 11.6 Å². The van der Waals surface area contributed by atoms with Crippen LogP contribution in [-0.2, 0) is 6.54 Å². The molecule has 21 heavy (non-hydrogen) atoms. The normalized spacial score (nSPS) is 14.4. The lowest BCUT2D eigenvalue weighted by Crippen LogP contribution is -2.15. The van der Waals surface area contributed by atoms with Gasteiger partial charge >= 0.3 is 0 Å². The molecule has 0 aliphatic heterocycles. The van der Waals surface area contributed by atoms with E-state index in [1.807, 2.05) is 12.1 Å². The highest BCUT2D eigenvalue weighted by Crippen LogP contribution is 2.26. The fourth-order valence-electron chi connectivity index (χ4n) is 2.39. The van der Waals surface area contributed by atoms with Gasteiger partial charge in [-0.1, -0.05) is 56.7 Å². The van der Waals surface area contributed by atoms with E-state index < -0.39 is 0 Å². The monoisotopic (exact) mass is 309 g/mol. The average molecular weight is 310 g/mol. The summed E-state index contributed by atoms with van der Waals surface area (Å²) >= 11 is 6.29. The van der Waals surface area contributed by atoms with E-state index in [1.54, 1.807) is 0 Å². The Morgan fingerprint density at radius 3 is 2.62 bits per heavy atom. The molecule has 3 heteroatoms. The average Bonchev–Trinajstić information content (AvgIpc) is 3.30. The van der Waals surface area contributed by atoms with Gasteiger partial charge in [-0.25, -0.2) is 0 Å². The molecule has 1 N–H and O–H groups in total. The Morgan fingerprint density at radius 2 is 1.90 bits per heavy atom. The van der Waals surface area contributed by atoms with Crippen molar-refractivity contribution < 1.29 is 4.74 Å². The van der Waals surface area contributed by atoms with Crippen LogP contribution in [0.15, 0.2) is 18.2 Å². The molecule has 1 aromatic rings. The molecule has 0 heterocycles. The summed E-state index contributed by atoms with van der Waals surface area (Å²) in [6, 6.07) is 6.86. The summed E-state index contributed by atoms with van der Waals surface area (Å²) in [4.78, 5) is 0. The molecule has 0 bridgehead atoms. The van der Waals surface area contributed by atoms with Gasteiger partial charge in [0.1, 0.15) is 5.75 Å². The molecule has 2 rings (SSSR count). The van der Waals surface area contributed by atoms with Gasteiger partial charge in [-0.05, 0) is 37.0 Å². The van der Waals surface area contributed by atoms with Crippen molar-refractivity contribution in [2.24, 2.45) is 0 Å².